The maximum absolute atomic E-state index is 8.83. The molecule has 0 aliphatic rings. The minimum Gasteiger partial charge on any atom is 0 e. The van der Waals surface area contributed by atoms with Crippen LogP contribution in [0.1, 0.15) is 22.3 Å². The fourth-order valence-electron chi connectivity index (χ4n) is 3.11. The molecule has 0 aromatic heterocycles. The zero-order valence-corrected chi connectivity index (χ0v) is 29.9. The average Bonchev–Trinajstić information content (AvgIpc) is 2.89. The summed E-state index contributed by atoms with van der Waals surface area (Å²) in [6.45, 7) is 7.55. The molecule has 17 heteroatoms. The van der Waals surface area contributed by atoms with Crippen molar-refractivity contribution in [3.63, 3.8) is 0 Å². The maximum atomic E-state index is 8.83. The van der Waals surface area contributed by atoms with E-state index in [-0.39, 0.29) is 37.7 Å². The number of hydrogen-bond acceptors (Lipinski definition) is 12. The number of rotatable bonds is 4. The molecule has 0 saturated heterocycles. The second kappa shape index (κ2) is 18.8. The first-order valence-corrected chi connectivity index (χ1v) is 20.3. The van der Waals surface area contributed by atoms with Crippen LogP contribution in [0.25, 0.3) is 0 Å². The first-order chi connectivity index (χ1) is 20.0. The Balaban J connectivity index is 0.000000569. The van der Waals surface area contributed by atoms with Gasteiger partial charge in [-0.1, -0.05) is 0 Å². The van der Waals surface area contributed by atoms with Crippen molar-refractivity contribution in [1.29, 1.82) is 0 Å². The molecule has 4 rings (SSSR count). The number of benzene rings is 4. The topological polar surface area (TPSA) is 243 Å². The van der Waals surface area contributed by atoms with Crippen molar-refractivity contribution >= 4 is 53.0 Å². The molecule has 0 aliphatic carbocycles. The van der Waals surface area contributed by atoms with E-state index in [1.165, 1.54) is 48.5 Å². The van der Waals surface area contributed by atoms with Crippen LogP contribution in [0.15, 0.2) is 97.1 Å². The second-order valence-corrected chi connectivity index (χ2v) is 17.4. The van der Waals surface area contributed by atoms with Crippen LogP contribution in [-0.2, 0) is 16.5 Å². The smallest absolute Gasteiger partial charge is 0 e. The molecular weight excluding hydrogens is 711 g/mol. The molecule has 258 valence electrons. The minimum absolute atomic E-state index is 0. The van der Waals surface area contributed by atoms with E-state index in [2.05, 4.69) is 0 Å². The molecule has 0 saturated carbocycles. The van der Waals surface area contributed by atoms with Gasteiger partial charge in [0.2, 0.25) is 0 Å². The van der Waals surface area contributed by atoms with Crippen molar-refractivity contribution in [2.24, 2.45) is 0 Å². The number of hydrogen-bond donors (Lipinski definition) is 12. The van der Waals surface area contributed by atoms with Gasteiger partial charge in [0.1, 0.15) is 0 Å². The molecular formula is C28H44NiO12P4. The van der Waals surface area contributed by atoms with Gasteiger partial charge in [-0.15, -0.1) is 0 Å². The predicted octanol–water partition coefficient (Wildman–Crippen LogP) is 0.366. The molecule has 12 nitrogen and oxygen atoms in total. The van der Waals surface area contributed by atoms with Crippen molar-refractivity contribution in [3.05, 3.63) is 119 Å². The van der Waals surface area contributed by atoms with Crippen LogP contribution in [0.5, 0.6) is 0 Å². The molecule has 0 unspecified atom stereocenters. The fourth-order valence-corrected chi connectivity index (χ4v) is 5.56. The van der Waals surface area contributed by atoms with Crippen LogP contribution in [0.4, 0.5) is 0 Å². The van der Waals surface area contributed by atoms with Gasteiger partial charge < -0.3 is 0 Å². The molecule has 4 aromatic carbocycles. The molecule has 0 amide bonds. The second-order valence-electron chi connectivity index (χ2n) is 10.0. The number of aryl methyl sites for hydroxylation is 4. The summed E-state index contributed by atoms with van der Waals surface area (Å²) in [5, 5.41) is 0.845. The third-order valence-electron chi connectivity index (χ3n) is 5.76. The molecule has 0 spiro atoms. The molecule has 4 aromatic rings. The monoisotopic (exact) mass is 754 g/mol. The zero-order valence-electron chi connectivity index (χ0n) is 24.9. The summed E-state index contributed by atoms with van der Waals surface area (Å²) < 4.78 is 0. The van der Waals surface area contributed by atoms with E-state index in [1.807, 2.05) is 27.7 Å². The first-order valence-electron chi connectivity index (χ1n) is 13.0. The average molecular weight is 755 g/mol. The quantitative estimate of drug-likeness (QED) is 0.0999. The summed E-state index contributed by atoms with van der Waals surface area (Å²) in [6.07, 6.45) is 0. The van der Waals surface area contributed by atoms with Crippen LogP contribution in [0.2, 0.25) is 0 Å². The Morgan fingerprint density at radius 1 is 0.267 bits per heavy atom. The SMILES string of the molecule is Cc1ccc([PH](O)(O)O)cc1.Cc1ccc([PH](O)(O)O)cc1.Cc1ccc([PH](O)(O)O)cc1.Cc1ccc([PH](O)(O)O)cc1.[Ni]. The molecule has 0 aliphatic heterocycles. The van der Waals surface area contributed by atoms with E-state index < -0.39 is 31.8 Å². The standard InChI is InChI=1S/4C7H11O3P.Ni/c4*1-6-2-4-7(5-3-6)11(8,9)10;/h4*2-5,8-11H,1H3;. The summed E-state index contributed by atoms with van der Waals surface area (Å²) in [4.78, 5) is 106. The van der Waals surface area contributed by atoms with Crippen molar-refractivity contribution in [3.8, 4) is 0 Å². The molecule has 0 radical (unpaired) electrons. The Morgan fingerprint density at radius 3 is 0.467 bits per heavy atom. The van der Waals surface area contributed by atoms with E-state index >= 15 is 0 Å². The normalized spacial score (nSPS) is 12.8. The molecule has 0 heterocycles. The summed E-state index contributed by atoms with van der Waals surface area (Å²) in [5.41, 5.74) is 4.08. The van der Waals surface area contributed by atoms with E-state index in [0.717, 1.165) is 22.3 Å². The van der Waals surface area contributed by atoms with Gasteiger partial charge in [0, 0.05) is 16.5 Å². The van der Waals surface area contributed by atoms with Gasteiger partial charge in [-0.2, -0.15) is 0 Å². The van der Waals surface area contributed by atoms with Gasteiger partial charge in [-0.25, -0.2) is 0 Å². The van der Waals surface area contributed by atoms with Crippen LogP contribution >= 0.6 is 31.8 Å². The summed E-state index contributed by atoms with van der Waals surface area (Å²) in [5.74, 6) is 0. The third kappa shape index (κ3) is 17.9. The van der Waals surface area contributed by atoms with Gasteiger partial charge in [0.05, 0.1) is 0 Å². The van der Waals surface area contributed by atoms with Crippen LogP contribution < -0.4 is 21.2 Å². The Hall–Kier alpha value is -1.39. The van der Waals surface area contributed by atoms with Crippen molar-refractivity contribution in [2.45, 2.75) is 27.7 Å². The van der Waals surface area contributed by atoms with E-state index in [0.29, 0.717) is 0 Å². The minimum atomic E-state index is -4.06. The van der Waals surface area contributed by atoms with Gasteiger partial charge in [-0.3, -0.25) is 0 Å². The van der Waals surface area contributed by atoms with Gasteiger partial charge in [0.25, 0.3) is 0 Å². The molecule has 0 bridgehead atoms. The maximum Gasteiger partial charge on any atom is 0 e. The first kappa shape index (κ1) is 43.6. The van der Waals surface area contributed by atoms with Gasteiger partial charge >= 0.3 is 259 Å². The Bertz CT molecular complexity index is 1180. The van der Waals surface area contributed by atoms with Gasteiger partial charge in [-0.05, 0) is 0 Å². The predicted molar refractivity (Wildman–Crippen MR) is 183 cm³/mol. The van der Waals surface area contributed by atoms with Crippen LogP contribution in [-0.4, -0.2) is 58.7 Å². The van der Waals surface area contributed by atoms with Gasteiger partial charge in [0.15, 0.2) is 0 Å². The molecule has 0 atom stereocenters. The van der Waals surface area contributed by atoms with E-state index in [9.17, 15) is 0 Å². The van der Waals surface area contributed by atoms with Crippen LogP contribution in [0.3, 0.4) is 0 Å². The fraction of sp³-hybridized carbons (Fsp3) is 0.143. The van der Waals surface area contributed by atoms with Crippen molar-refractivity contribution in [1.82, 2.24) is 0 Å². The largest absolute Gasteiger partial charge is 0 e. The molecule has 45 heavy (non-hydrogen) atoms. The summed E-state index contributed by atoms with van der Waals surface area (Å²) in [6, 6.07) is 25.9. The summed E-state index contributed by atoms with van der Waals surface area (Å²) >= 11 is 0. The Kier molecular flexibility index (Phi) is 18.2. The Morgan fingerprint density at radius 2 is 0.378 bits per heavy atom. The van der Waals surface area contributed by atoms with Crippen LogP contribution in [0, 0.1) is 27.7 Å². The van der Waals surface area contributed by atoms with E-state index in [1.54, 1.807) is 48.5 Å². The zero-order chi connectivity index (χ0) is 33.9. The molecule has 0 fully saturated rings. The van der Waals surface area contributed by atoms with Crippen molar-refractivity contribution in [2.75, 3.05) is 0 Å². The van der Waals surface area contributed by atoms with E-state index in [4.69, 9.17) is 58.7 Å². The Labute approximate surface area is 274 Å². The third-order valence-corrected chi connectivity index (χ3v) is 10.2. The summed E-state index contributed by atoms with van der Waals surface area (Å²) in [7, 11) is -16.2. The van der Waals surface area contributed by atoms with Crippen molar-refractivity contribution < 1.29 is 75.2 Å². The molecule has 12 N–H and O–H groups in total.